The van der Waals surface area contributed by atoms with E-state index in [0.29, 0.717) is 11.8 Å². The quantitative estimate of drug-likeness (QED) is 0.787. The fourth-order valence-electron chi connectivity index (χ4n) is 3.18. The minimum atomic E-state index is 0. The molecule has 2 nitrogen and oxygen atoms in total. The van der Waals surface area contributed by atoms with Crippen LogP contribution in [-0.4, -0.2) is 19.7 Å². The Kier molecular flexibility index (Phi) is 2.92. The Morgan fingerprint density at radius 2 is 1.94 bits per heavy atom. The van der Waals surface area contributed by atoms with E-state index in [4.69, 9.17) is 4.74 Å². The highest BCUT2D eigenvalue weighted by Gasteiger charge is 2.35. The van der Waals surface area contributed by atoms with Crippen LogP contribution in [0, 0.1) is 5.92 Å². The van der Waals surface area contributed by atoms with Gasteiger partial charge in [0, 0.05) is 30.3 Å². The summed E-state index contributed by atoms with van der Waals surface area (Å²) in [6, 6.07) is 13.0. The van der Waals surface area contributed by atoms with E-state index in [2.05, 4.69) is 41.7 Å². The summed E-state index contributed by atoms with van der Waals surface area (Å²) >= 11 is 0. The van der Waals surface area contributed by atoms with Gasteiger partial charge in [0.1, 0.15) is 5.75 Å². The summed E-state index contributed by atoms with van der Waals surface area (Å²) in [5.74, 6) is 2.42. The fourth-order valence-corrected chi connectivity index (χ4v) is 3.18. The highest BCUT2D eigenvalue weighted by atomic mass is 35.5. The van der Waals surface area contributed by atoms with Crippen molar-refractivity contribution in [1.82, 2.24) is 5.32 Å². The molecular weight excluding hydrogens is 246 g/mol. The van der Waals surface area contributed by atoms with E-state index in [9.17, 15) is 0 Å². The van der Waals surface area contributed by atoms with Gasteiger partial charge in [-0.2, -0.15) is 0 Å². The van der Waals surface area contributed by atoms with E-state index in [-0.39, 0.29) is 12.4 Å². The highest BCUT2D eigenvalue weighted by Crippen LogP contribution is 2.42. The lowest BCUT2D eigenvalue weighted by molar-refractivity contribution is 0.222. The minimum absolute atomic E-state index is 0. The van der Waals surface area contributed by atoms with Gasteiger partial charge in [-0.15, -0.1) is 12.4 Å². The third kappa shape index (κ3) is 1.60. The van der Waals surface area contributed by atoms with Crippen LogP contribution in [0.2, 0.25) is 0 Å². The number of hydrogen-bond donors (Lipinski definition) is 1. The maximum absolute atomic E-state index is 6.01. The number of halogens is 1. The molecule has 2 atom stereocenters. The third-order valence-electron chi connectivity index (χ3n) is 4.09. The zero-order valence-corrected chi connectivity index (χ0v) is 10.9. The maximum atomic E-state index is 6.01. The van der Waals surface area contributed by atoms with Crippen LogP contribution in [0.4, 0.5) is 0 Å². The van der Waals surface area contributed by atoms with Gasteiger partial charge in [0.2, 0.25) is 0 Å². The third-order valence-corrected chi connectivity index (χ3v) is 4.09. The van der Waals surface area contributed by atoms with E-state index >= 15 is 0 Å². The van der Waals surface area contributed by atoms with Crippen LogP contribution in [0.3, 0.4) is 0 Å². The summed E-state index contributed by atoms with van der Waals surface area (Å²) in [6.45, 7) is 3.05. The van der Waals surface area contributed by atoms with E-state index in [1.54, 1.807) is 0 Å². The molecule has 18 heavy (non-hydrogen) atoms. The summed E-state index contributed by atoms with van der Waals surface area (Å²) in [7, 11) is 0. The Morgan fingerprint density at radius 3 is 2.89 bits per heavy atom. The number of fused-ring (bicyclic) bond motifs is 5. The summed E-state index contributed by atoms with van der Waals surface area (Å²) in [4.78, 5) is 0. The molecule has 1 N–H and O–H groups in total. The average molecular weight is 262 g/mol. The van der Waals surface area contributed by atoms with Crippen LogP contribution in [0.25, 0.3) is 10.8 Å². The van der Waals surface area contributed by atoms with Crippen molar-refractivity contribution >= 4 is 23.2 Å². The summed E-state index contributed by atoms with van der Waals surface area (Å²) in [5, 5.41) is 6.01. The highest BCUT2D eigenvalue weighted by molar-refractivity contribution is 5.90. The topological polar surface area (TPSA) is 21.3 Å². The SMILES string of the molecule is Cl.c1ccc2c3c(ccc2c1)C1CNCC1CO3. The first-order valence-corrected chi connectivity index (χ1v) is 6.28. The zero-order chi connectivity index (χ0) is 11.2. The largest absolute Gasteiger partial charge is 0.492 e. The number of nitrogens with one attached hydrogen (secondary N) is 1. The van der Waals surface area contributed by atoms with Crippen LogP contribution >= 0.6 is 12.4 Å². The van der Waals surface area contributed by atoms with Gasteiger partial charge in [-0.05, 0) is 10.9 Å². The van der Waals surface area contributed by atoms with Gasteiger partial charge in [0.05, 0.1) is 6.61 Å². The lowest BCUT2D eigenvalue weighted by atomic mass is 9.85. The van der Waals surface area contributed by atoms with Gasteiger partial charge in [-0.25, -0.2) is 0 Å². The number of benzene rings is 2. The Balaban J connectivity index is 0.000001000. The Hall–Kier alpha value is -1.25. The average Bonchev–Trinajstić information content (AvgIpc) is 2.86. The summed E-state index contributed by atoms with van der Waals surface area (Å²) < 4.78 is 6.01. The van der Waals surface area contributed by atoms with Crippen molar-refractivity contribution in [2.24, 2.45) is 5.92 Å². The van der Waals surface area contributed by atoms with Crippen LogP contribution in [0.5, 0.6) is 5.75 Å². The fraction of sp³-hybridized carbons (Fsp3) is 0.333. The first-order chi connectivity index (χ1) is 8.43. The van der Waals surface area contributed by atoms with Crippen molar-refractivity contribution in [3.63, 3.8) is 0 Å². The van der Waals surface area contributed by atoms with Crippen molar-refractivity contribution < 1.29 is 4.74 Å². The number of ether oxygens (including phenoxy) is 1. The smallest absolute Gasteiger partial charge is 0.130 e. The molecule has 94 valence electrons. The second-order valence-electron chi connectivity index (χ2n) is 5.04. The molecule has 2 aromatic carbocycles. The van der Waals surface area contributed by atoms with Crippen LogP contribution in [0.15, 0.2) is 36.4 Å². The molecule has 0 amide bonds. The molecule has 2 aromatic rings. The molecule has 0 aromatic heterocycles. The van der Waals surface area contributed by atoms with Crippen molar-refractivity contribution in [3.05, 3.63) is 42.0 Å². The molecule has 0 bridgehead atoms. The summed E-state index contributed by atoms with van der Waals surface area (Å²) in [6.07, 6.45) is 0. The van der Waals surface area contributed by atoms with Crippen molar-refractivity contribution in [1.29, 1.82) is 0 Å². The van der Waals surface area contributed by atoms with Gasteiger partial charge in [0.15, 0.2) is 0 Å². The van der Waals surface area contributed by atoms with Gasteiger partial charge < -0.3 is 10.1 Å². The van der Waals surface area contributed by atoms with Crippen molar-refractivity contribution in [2.45, 2.75) is 5.92 Å². The Bertz CT molecular complexity index is 584. The van der Waals surface area contributed by atoms with E-state index in [1.807, 2.05) is 0 Å². The molecule has 2 aliphatic heterocycles. The molecule has 0 spiro atoms. The predicted octanol–water partition coefficient (Wildman–Crippen LogP) is 2.96. The molecule has 2 heterocycles. The maximum Gasteiger partial charge on any atom is 0.130 e. The van der Waals surface area contributed by atoms with Gasteiger partial charge in [-0.3, -0.25) is 0 Å². The van der Waals surface area contributed by atoms with E-state index < -0.39 is 0 Å². The molecule has 1 saturated heterocycles. The molecule has 0 saturated carbocycles. The summed E-state index contributed by atoms with van der Waals surface area (Å²) in [5.41, 5.74) is 1.39. The van der Waals surface area contributed by atoms with Gasteiger partial charge in [0.25, 0.3) is 0 Å². The zero-order valence-electron chi connectivity index (χ0n) is 10.1. The molecular formula is C15H16ClNO. The lowest BCUT2D eigenvalue weighted by Crippen LogP contribution is -2.24. The molecule has 4 rings (SSSR count). The normalized spacial score (nSPS) is 24.9. The van der Waals surface area contributed by atoms with Crippen LogP contribution in [-0.2, 0) is 0 Å². The minimum Gasteiger partial charge on any atom is -0.492 e. The van der Waals surface area contributed by atoms with E-state index in [0.717, 1.165) is 25.4 Å². The lowest BCUT2D eigenvalue weighted by Gasteiger charge is -2.28. The van der Waals surface area contributed by atoms with Gasteiger partial charge in [-0.1, -0.05) is 36.4 Å². The molecule has 0 aliphatic carbocycles. The first kappa shape index (κ1) is 11.8. The Labute approximate surface area is 113 Å². The van der Waals surface area contributed by atoms with Gasteiger partial charge >= 0.3 is 0 Å². The molecule has 3 heteroatoms. The second kappa shape index (κ2) is 4.45. The van der Waals surface area contributed by atoms with Crippen LogP contribution < -0.4 is 10.1 Å². The van der Waals surface area contributed by atoms with E-state index in [1.165, 1.54) is 16.3 Å². The monoisotopic (exact) mass is 261 g/mol. The number of hydrogen-bond acceptors (Lipinski definition) is 2. The second-order valence-corrected chi connectivity index (χ2v) is 5.04. The van der Waals surface area contributed by atoms with Crippen LogP contribution in [0.1, 0.15) is 11.5 Å². The first-order valence-electron chi connectivity index (χ1n) is 6.28. The molecule has 2 unspecified atom stereocenters. The number of rotatable bonds is 0. The predicted molar refractivity (Wildman–Crippen MR) is 75.8 cm³/mol. The van der Waals surface area contributed by atoms with Crippen molar-refractivity contribution in [2.75, 3.05) is 19.7 Å². The molecule has 1 fully saturated rings. The van der Waals surface area contributed by atoms with Crippen molar-refractivity contribution in [3.8, 4) is 5.75 Å². The molecule has 0 radical (unpaired) electrons. The standard InChI is InChI=1S/C15H15NO.ClH/c1-2-4-12-10(3-1)5-6-13-14-8-16-7-11(14)9-17-15(12)13;/h1-6,11,14,16H,7-9H2;1H. The molecule has 2 aliphatic rings. The Morgan fingerprint density at radius 1 is 1.06 bits per heavy atom.